The van der Waals surface area contributed by atoms with Crippen molar-refractivity contribution in [1.29, 1.82) is 0 Å². The maximum Gasteiger partial charge on any atom is 0.330 e. The van der Waals surface area contributed by atoms with Gasteiger partial charge in [0, 0.05) is 57.1 Å². The van der Waals surface area contributed by atoms with Gasteiger partial charge in [-0.15, -0.1) is 0 Å². The van der Waals surface area contributed by atoms with E-state index in [4.69, 9.17) is 4.52 Å². The standard InChI is InChI=1S/C18H27N5O3/c1-5-16-15(12(2)26-20-16)11-23(14-6-7-19-8-14)10-13-9-21(3)18(25)22(4)17(13)24/h9,14,19H,5-8,10-11H2,1-4H3/t14-/m0/s1. The molecule has 0 amide bonds. The van der Waals surface area contributed by atoms with E-state index in [-0.39, 0.29) is 11.2 Å². The van der Waals surface area contributed by atoms with Gasteiger partial charge in [0.15, 0.2) is 0 Å². The van der Waals surface area contributed by atoms with Gasteiger partial charge in [-0.05, 0) is 26.3 Å². The SMILES string of the molecule is CCc1noc(C)c1CN(Cc1cn(C)c(=O)n(C)c1=O)[C@H]1CCNC1. The van der Waals surface area contributed by atoms with Gasteiger partial charge in [-0.25, -0.2) is 4.79 Å². The second kappa shape index (κ2) is 7.59. The third kappa shape index (κ3) is 3.52. The Morgan fingerprint density at radius 2 is 2.12 bits per heavy atom. The van der Waals surface area contributed by atoms with Crippen molar-refractivity contribution in [3.05, 3.63) is 49.6 Å². The number of rotatable bonds is 6. The molecular formula is C18H27N5O3. The van der Waals surface area contributed by atoms with Crippen LogP contribution in [0, 0.1) is 6.92 Å². The van der Waals surface area contributed by atoms with Crippen LogP contribution in [0.1, 0.15) is 35.9 Å². The van der Waals surface area contributed by atoms with Crippen LogP contribution in [0.4, 0.5) is 0 Å². The molecule has 3 rings (SSSR count). The summed E-state index contributed by atoms with van der Waals surface area (Å²) < 4.78 is 8.01. The molecule has 0 aliphatic carbocycles. The van der Waals surface area contributed by atoms with Crippen LogP contribution < -0.4 is 16.6 Å². The van der Waals surface area contributed by atoms with E-state index in [9.17, 15) is 9.59 Å². The van der Waals surface area contributed by atoms with Crippen molar-refractivity contribution in [2.24, 2.45) is 14.1 Å². The number of nitrogens with zero attached hydrogens (tertiary/aromatic N) is 4. The molecule has 0 radical (unpaired) electrons. The largest absolute Gasteiger partial charge is 0.361 e. The second-order valence-electron chi connectivity index (χ2n) is 6.98. The quantitative estimate of drug-likeness (QED) is 0.797. The second-order valence-corrected chi connectivity index (χ2v) is 6.98. The summed E-state index contributed by atoms with van der Waals surface area (Å²) in [6.45, 7) is 7.01. The van der Waals surface area contributed by atoms with Crippen LogP contribution in [-0.4, -0.2) is 38.3 Å². The summed E-state index contributed by atoms with van der Waals surface area (Å²) in [5, 5.41) is 7.54. The van der Waals surface area contributed by atoms with E-state index in [0.29, 0.717) is 24.7 Å². The molecule has 8 nitrogen and oxygen atoms in total. The summed E-state index contributed by atoms with van der Waals surface area (Å²) in [5.41, 5.74) is 2.14. The maximum absolute atomic E-state index is 12.6. The van der Waals surface area contributed by atoms with Crippen LogP contribution in [0.5, 0.6) is 0 Å². The Bertz CT molecular complexity index is 889. The van der Waals surface area contributed by atoms with E-state index in [1.54, 1.807) is 13.2 Å². The minimum absolute atomic E-state index is 0.234. The number of hydrogen-bond donors (Lipinski definition) is 1. The molecule has 1 atom stereocenters. The fourth-order valence-corrected chi connectivity index (χ4v) is 3.60. The fraction of sp³-hybridized carbons (Fsp3) is 0.611. The van der Waals surface area contributed by atoms with Crippen LogP contribution in [0.2, 0.25) is 0 Å². The van der Waals surface area contributed by atoms with Crippen LogP contribution in [0.15, 0.2) is 20.3 Å². The van der Waals surface area contributed by atoms with Crippen molar-refractivity contribution < 1.29 is 4.52 Å². The molecule has 2 aromatic heterocycles. The molecule has 1 aliphatic heterocycles. The molecule has 0 unspecified atom stereocenters. The number of nitrogens with one attached hydrogen (secondary N) is 1. The monoisotopic (exact) mass is 361 g/mol. The summed E-state index contributed by atoms with van der Waals surface area (Å²) in [4.78, 5) is 26.8. The molecule has 142 valence electrons. The average molecular weight is 361 g/mol. The summed E-state index contributed by atoms with van der Waals surface area (Å²) >= 11 is 0. The first-order valence-corrected chi connectivity index (χ1v) is 9.06. The molecule has 0 saturated carbocycles. The lowest BCUT2D eigenvalue weighted by molar-refractivity contribution is 0.187. The van der Waals surface area contributed by atoms with Crippen molar-refractivity contribution in [3.8, 4) is 0 Å². The van der Waals surface area contributed by atoms with Crippen LogP contribution in [-0.2, 0) is 33.6 Å². The molecule has 1 aliphatic rings. The molecule has 0 aromatic carbocycles. The zero-order valence-corrected chi connectivity index (χ0v) is 15.9. The molecule has 1 N–H and O–H groups in total. The van der Waals surface area contributed by atoms with Gasteiger partial charge < -0.3 is 14.4 Å². The normalized spacial score (nSPS) is 17.3. The molecule has 0 spiro atoms. The van der Waals surface area contributed by atoms with Crippen molar-refractivity contribution >= 4 is 0 Å². The first-order chi connectivity index (χ1) is 12.4. The minimum atomic E-state index is -0.309. The van der Waals surface area contributed by atoms with Gasteiger partial charge in [-0.3, -0.25) is 14.3 Å². The Hall–Kier alpha value is -2.19. The Labute approximate surface area is 152 Å². The van der Waals surface area contributed by atoms with Crippen LogP contribution in [0.25, 0.3) is 0 Å². The Morgan fingerprint density at radius 1 is 1.35 bits per heavy atom. The van der Waals surface area contributed by atoms with E-state index < -0.39 is 0 Å². The summed E-state index contributed by atoms with van der Waals surface area (Å²) in [7, 11) is 3.20. The molecular weight excluding hydrogens is 334 g/mol. The topological polar surface area (TPSA) is 85.3 Å². The van der Waals surface area contributed by atoms with Gasteiger partial charge in [0.2, 0.25) is 0 Å². The highest BCUT2D eigenvalue weighted by molar-refractivity contribution is 5.22. The molecule has 1 fully saturated rings. The predicted molar refractivity (Wildman–Crippen MR) is 98.1 cm³/mol. The molecule has 2 aromatic rings. The van der Waals surface area contributed by atoms with E-state index in [1.165, 1.54) is 16.2 Å². The number of hydrogen-bond acceptors (Lipinski definition) is 6. The first-order valence-electron chi connectivity index (χ1n) is 9.06. The van der Waals surface area contributed by atoms with Crippen molar-refractivity contribution in [3.63, 3.8) is 0 Å². The number of aromatic nitrogens is 3. The minimum Gasteiger partial charge on any atom is -0.361 e. The van der Waals surface area contributed by atoms with Gasteiger partial charge in [0.05, 0.1) is 5.69 Å². The summed E-state index contributed by atoms with van der Waals surface area (Å²) in [6, 6.07) is 0.330. The molecule has 8 heteroatoms. The average Bonchev–Trinajstić information content (AvgIpc) is 3.27. The fourth-order valence-electron chi connectivity index (χ4n) is 3.60. The van der Waals surface area contributed by atoms with Crippen LogP contribution >= 0.6 is 0 Å². The Balaban J connectivity index is 1.94. The van der Waals surface area contributed by atoms with Gasteiger partial charge in [0.25, 0.3) is 5.56 Å². The van der Waals surface area contributed by atoms with Crippen LogP contribution in [0.3, 0.4) is 0 Å². The Kier molecular flexibility index (Phi) is 5.43. The maximum atomic E-state index is 12.6. The van der Waals surface area contributed by atoms with Crippen molar-refractivity contribution in [1.82, 2.24) is 24.5 Å². The molecule has 0 bridgehead atoms. The zero-order chi connectivity index (χ0) is 18.8. The smallest absolute Gasteiger partial charge is 0.330 e. The highest BCUT2D eigenvalue weighted by Crippen LogP contribution is 2.21. The lowest BCUT2D eigenvalue weighted by Crippen LogP contribution is -2.42. The lowest BCUT2D eigenvalue weighted by atomic mass is 10.1. The zero-order valence-electron chi connectivity index (χ0n) is 15.9. The third-order valence-electron chi connectivity index (χ3n) is 5.20. The highest BCUT2D eigenvalue weighted by atomic mass is 16.5. The lowest BCUT2D eigenvalue weighted by Gasteiger charge is -2.28. The summed E-state index contributed by atoms with van der Waals surface area (Å²) in [6.07, 6.45) is 3.49. The van der Waals surface area contributed by atoms with Crippen molar-refractivity contribution in [2.75, 3.05) is 13.1 Å². The highest BCUT2D eigenvalue weighted by Gasteiger charge is 2.26. The van der Waals surface area contributed by atoms with E-state index >= 15 is 0 Å². The van der Waals surface area contributed by atoms with E-state index in [2.05, 4.69) is 22.3 Å². The van der Waals surface area contributed by atoms with Gasteiger partial charge in [-0.2, -0.15) is 0 Å². The third-order valence-corrected chi connectivity index (χ3v) is 5.20. The first kappa shape index (κ1) is 18.6. The van der Waals surface area contributed by atoms with Crippen molar-refractivity contribution in [2.45, 2.75) is 45.8 Å². The molecule has 1 saturated heterocycles. The van der Waals surface area contributed by atoms with Gasteiger partial charge in [0.1, 0.15) is 5.76 Å². The molecule has 26 heavy (non-hydrogen) atoms. The van der Waals surface area contributed by atoms with E-state index in [0.717, 1.165) is 42.9 Å². The summed E-state index contributed by atoms with van der Waals surface area (Å²) in [5.74, 6) is 0.825. The van der Waals surface area contributed by atoms with Gasteiger partial charge >= 0.3 is 5.69 Å². The Morgan fingerprint density at radius 3 is 2.77 bits per heavy atom. The van der Waals surface area contributed by atoms with E-state index in [1.807, 2.05) is 6.92 Å². The van der Waals surface area contributed by atoms with Gasteiger partial charge in [-0.1, -0.05) is 12.1 Å². The molecule has 3 heterocycles. The number of aryl methyl sites for hydroxylation is 3. The predicted octanol–water partition coefficient (Wildman–Crippen LogP) is 0.307.